The van der Waals surface area contributed by atoms with E-state index in [1.165, 1.54) is 0 Å². The molecule has 0 saturated heterocycles. The summed E-state index contributed by atoms with van der Waals surface area (Å²) in [7, 11) is 0. The van der Waals surface area contributed by atoms with Gasteiger partial charge in [0.25, 0.3) is 0 Å². The molecule has 0 aromatic heterocycles. The van der Waals surface area contributed by atoms with Crippen molar-refractivity contribution in [2.24, 2.45) is 11.5 Å². The zero-order chi connectivity index (χ0) is 11.1. The Bertz CT molecular complexity index is 206. The molecule has 0 radical (unpaired) electrons. The number of rotatable bonds is 7. The van der Waals surface area contributed by atoms with Gasteiger partial charge in [-0.05, 0) is 19.3 Å². The molecule has 5 heteroatoms. The summed E-state index contributed by atoms with van der Waals surface area (Å²) >= 11 is 0. The lowest BCUT2D eigenvalue weighted by atomic mass is 10.0. The minimum Gasteiger partial charge on any atom is -0.480 e. The second-order valence-electron chi connectivity index (χ2n) is 3.30. The third-order valence-electron chi connectivity index (χ3n) is 2.11. The van der Waals surface area contributed by atoms with Gasteiger partial charge in [-0.1, -0.05) is 6.92 Å². The Hall–Kier alpha value is -0.940. The van der Waals surface area contributed by atoms with Crippen LogP contribution in [0.2, 0.25) is 0 Å². The molecular weight excluding hydrogens is 184 g/mol. The lowest BCUT2D eigenvalue weighted by molar-refractivity contribution is -0.138. The highest BCUT2D eigenvalue weighted by molar-refractivity contribution is 5.83. The van der Waals surface area contributed by atoms with Crippen LogP contribution in [0.15, 0.2) is 0 Å². The number of carboxylic acids is 1. The van der Waals surface area contributed by atoms with E-state index in [2.05, 4.69) is 0 Å². The van der Waals surface area contributed by atoms with Crippen molar-refractivity contribution in [3.8, 4) is 0 Å². The highest BCUT2D eigenvalue weighted by atomic mass is 16.4. The normalized spacial score (nSPS) is 14.8. The van der Waals surface area contributed by atoms with Crippen LogP contribution in [0.5, 0.6) is 0 Å². The van der Waals surface area contributed by atoms with E-state index in [0.29, 0.717) is 25.7 Å². The van der Waals surface area contributed by atoms with Crippen LogP contribution in [0.4, 0.5) is 0 Å². The van der Waals surface area contributed by atoms with Gasteiger partial charge in [-0.15, -0.1) is 0 Å². The van der Waals surface area contributed by atoms with E-state index in [1.54, 1.807) is 6.92 Å². The highest BCUT2D eigenvalue weighted by Crippen LogP contribution is 2.03. The molecule has 0 aliphatic heterocycles. The van der Waals surface area contributed by atoms with Crippen molar-refractivity contribution in [3.05, 3.63) is 0 Å². The number of aliphatic carboxylic acids is 1. The first-order chi connectivity index (χ1) is 6.49. The maximum absolute atomic E-state index is 11.0. The molecule has 0 saturated carbocycles. The van der Waals surface area contributed by atoms with Crippen molar-refractivity contribution in [1.82, 2.24) is 0 Å². The summed E-state index contributed by atoms with van der Waals surface area (Å²) in [5.74, 6) is -1.01. The first kappa shape index (κ1) is 13.1. The molecule has 0 spiro atoms. The lowest BCUT2D eigenvalue weighted by Gasteiger charge is -2.10. The second-order valence-corrected chi connectivity index (χ2v) is 3.30. The minimum absolute atomic E-state index is 0.00824. The first-order valence-electron chi connectivity index (χ1n) is 4.75. The average molecular weight is 202 g/mol. The molecule has 0 rings (SSSR count). The van der Waals surface area contributed by atoms with E-state index in [9.17, 15) is 9.59 Å². The number of ketones is 1. The molecule has 0 aromatic rings. The Labute approximate surface area is 83.5 Å². The zero-order valence-corrected chi connectivity index (χ0v) is 8.40. The quantitative estimate of drug-likeness (QED) is 0.533. The molecule has 5 N–H and O–H groups in total. The van der Waals surface area contributed by atoms with Crippen LogP contribution >= 0.6 is 0 Å². The Morgan fingerprint density at radius 2 is 1.71 bits per heavy atom. The van der Waals surface area contributed by atoms with Crippen LogP contribution < -0.4 is 11.5 Å². The number of nitrogens with two attached hydrogens (primary N) is 2. The van der Waals surface area contributed by atoms with Crippen molar-refractivity contribution < 1.29 is 14.7 Å². The fourth-order valence-electron chi connectivity index (χ4n) is 1.10. The zero-order valence-electron chi connectivity index (χ0n) is 8.40. The standard InChI is InChI=1S/C9H18N2O3/c1-2-8(12)6(10)4-3-5-7(11)9(13)14/h6-7H,2-5,10-11H2,1H3,(H,13,14)/t6?,7-/m0/s1. The first-order valence-corrected chi connectivity index (χ1v) is 4.75. The molecule has 2 atom stereocenters. The molecule has 0 amide bonds. The Kier molecular flexibility index (Phi) is 6.07. The van der Waals surface area contributed by atoms with E-state index in [0.717, 1.165) is 0 Å². The summed E-state index contributed by atoms with van der Waals surface area (Å²) in [5, 5.41) is 8.48. The van der Waals surface area contributed by atoms with Crippen LogP contribution in [0.25, 0.3) is 0 Å². The number of Topliss-reactive ketones (excluding diaryl/α,β-unsaturated/α-hetero) is 1. The highest BCUT2D eigenvalue weighted by Gasteiger charge is 2.14. The average Bonchev–Trinajstić information content (AvgIpc) is 2.15. The smallest absolute Gasteiger partial charge is 0.320 e. The van der Waals surface area contributed by atoms with Crippen LogP contribution in [-0.2, 0) is 9.59 Å². The maximum Gasteiger partial charge on any atom is 0.320 e. The number of hydrogen-bond donors (Lipinski definition) is 3. The van der Waals surface area contributed by atoms with Gasteiger partial charge >= 0.3 is 5.97 Å². The number of carbonyl (C=O) groups excluding carboxylic acids is 1. The van der Waals surface area contributed by atoms with E-state index in [-0.39, 0.29) is 5.78 Å². The lowest BCUT2D eigenvalue weighted by Crippen LogP contribution is -2.32. The molecular formula is C9H18N2O3. The van der Waals surface area contributed by atoms with Gasteiger partial charge < -0.3 is 16.6 Å². The summed E-state index contributed by atoms with van der Waals surface area (Å²) in [6.45, 7) is 1.76. The van der Waals surface area contributed by atoms with Crippen LogP contribution in [0.1, 0.15) is 32.6 Å². The Morgan fingerprint density at radius 3 is 2.14 bits per heavy atom. The predicted octanol–water partition coefficient (Wildman–Crippen LogP) is -0.125. The van der Waals surface area contributed by atoms with E-state index in [1.807, 2.05) is 0 Å². The van der Waals surface area contributed by atoms with Gasteiger partial charge in [0, 0.05) is 6.42 Å². The second kappa shape index (κ2) is 6.50. The van der Waals surface area contributed by atoms with Crippen molar-refractivity contribution in [1.29, 1.82) is 0 Å². The predicted molar refractivity (Wildman–Crippen MR) is 52.7 cm³/mol. The molecule has 1 unspecified atom stereocenters. The Balaban J connectivity index is 3.64. The number of carboxylic acid groups (broad SMARTS) is 1. The molecule has 0 aromatic carbocycles. The molecule has 0 aliphatic rings. The number of carbonyl (C=O) groups is 2. The molecule has 0 bridgehead atoms. The molecule has 14 heavy (non-hydrogen) atoms. The summed E-state index contributed by atoms with van der Waals surface area (Å²) < 4.78 is 0. The topological polar surface area (TPSA) is 106 Å². The van der Waals surface area contributed by atoms with Crippen LogP contribution in [-0.4, -0.2) is 28.9 Å². The summed E-state index contributed by atoms with van der Waals surface area (Å²) in [6.07, 6.45) is 1.86. The van der Waals surface area contributed by atoms with Crippen molar-refractivity contribution in [2.75, 3.05) is 0 Å². The largest absolute Gasteiger partial charge is 0.480 e. The van der Waals surface area contributed by atoms with E-state index in [4.69, 9.17) is 16.6 Å². The van der Waals surface area contributed by atoms with Gasteiger partial charge in [-0.2, -0.15) is 0 Å². The van der Waals surface area contributed by atoms with Gasteiger partial charge in [0.15, 0.2) is 0 Å². The SMILES string of the molecule is CCC(=O)C(N)CCC[C@H](N)C(=O)O. The minimum atomic E-state index is -1.01. The monoisotopic (exact) mass is 202 g/mol. The maximum atomic E-state index is 11.0. The molecule has 0 fully saturated rings. The molecule has 0 heterocycles. The van der Waals surface area contributed by atoms with Gasteiger partial charge in [0.05, 0.1) is 6.04 Å². The van der Waals surface area contributed by atoms with Gasteiger partial charge in [-0.3, -0.25) is 9.59 Å². The van der Waals surface area contributed by atoms with Gasteiger partial charge in [0.2, 0.25) is 0 Å². The summed E-state index contributed by atoms with van der Waals surface area (Å²) in [5.41, 5.74) is 10.8. The summed E-state index contributed by atoms with van der Waals surface area (Å²) in [4.78, 5) is 21.4. The number of hydrogen-bond acceptors (Lipinski definition) is 4. The summed E-state index contributed by atoms with van der Waals surface area (Å²) in [6, 6.07) is -1.32. The fraction of sp³-hybridized carbons (Fsp3) is 0.778. The Morgan fingerprint density at radius 1 is 1.21 bits per heavy atom. The van der Waals surface area contributed by atoms with Crippen molar-refractivity contribution >= 4 is 11.8 Å². The van der Waals surface area contributed by atoms with Gasteiger partial charge in [-0.25, -0.2) is 0 Å². The fourth-order valence-corrected chi connectivity index (χ4v) is 1.10. The van der Waals surface area contributed by atoms with Crippen molar-refractivity contribution in [2.45, 2.75) is 44.7 Å². The van der Waals surface area contributed by atoms with E-state index < -0.39 is 18.1 Å². The van der Waals surface area contributed by atoms with E-state index >= 15 is 0 Å². The van der Waals surface area contributed by atoms with Crippen molar-refractivity contribution in [3.63, 3.8) is 0 Å². The third-order valence-corrected chi connectivity index (χ3v) is 2.11. The molecule has 0 aliphatic carbocycles. The van der Waals surface area contributed by atoms with Crippen LogP contribution in [0.3, 0.4) is 0 Å². The molecule has 82 valence electrons. The van der Waals surface area contributed by atoms with Crippen LogP contribution in [0, 0.1) is 0 Å². The van der Waals surface area contributed by atoms with Gasteiger partial charge in [0.1, 0.15) is 11.8 Å². The third kappa shape index (κ3) is 4.94. The molecule has 5 nitrogen and oxygen atoms in total.